The van der Waals surface area contributed by atoms with E-state index >= 15 is 0 Å². The molecule has 5 rings (SSSR count). The number of aliphatic carboxylic acids is 1. The van der Waals surface area contributed by atoms with Gasteiger partial charge in [0.1, 0.15) is 11.9 Å². The van der Waals surface area contributed by atoms with Crippen LogP contribution in [-0.4, -0.2) is 54.5 Å². The number of rotatable bonds is 12. The van der Waals surface area contributed by atoms with Gasteiger partial charge in [0.05, 0.1) is 22.9 Å². The maximum Gasteiger partial charge on any atom is 0.490 e. The molecule has 268 valence electrons. The van der Waals surface area contributed by atoms with E-state index in [0.29, 0.717) is 53.6 Å². The molecule has 0 unspecified atom stereocenters. The predicted molar refractivity (Wildman–Crippen MR) is 183 cm³/mol. The molecule has 0 spiro atoms. The minimum atomic E-state index is -5.08. The summed E-state index contributed by atoms with van der Waals surface area (Å²) in [4.78, 5) is 27.2. The van der Waals surface area contributed by atoms with Crippen molar-refractivity contribution in [3.63, 3.8) is 0 Å². The summed E-state index contributed by atoms with van der Waals surface area (Å²) in [7, 11) is -3.47. The number of hydrogen-bond donors (Lipinski definition) is 4. The highest BCUT2D eigenvalue weighted by molar-refractivity contribution is 7.92. The van der Waals surface area contributed by atoms with Crippen LogP contribution < -0.4 is 25.8 Å². The number of carbonyl (C=O) groups is 2. The van der Waals surface area contributed by atoms with Gasteiger partial charge in [-0.1, -0.05) is 30.7 Å². The third kappa shape index (κ3) is 9.34. The van der Waals surface area contributed by atoms with Crippen LogP contribution in [0.2, 0.25) is 0 Å². The number of nitrogens with two attached hydrogens (primary N) is 1. The van der Waals surface area contributed by atoms with Crippen molar-refractivity contribution in [2.75, 3.05) is 17.7 Å². The van der Waals surface area contributed by atoms with Crippen molar-refractivity contribution in [3.05, 3.63) is 84.1 Å². The number of nitrogen functional groups attached to an aromatic ring is 1. The third-order valence-corrected chi connectivity index (χ3v) is 10.2. The van der Waals surface area contributed by atoms with Gasteiger partial charge >= 0.3 is 12.1 Å². The molecule has 1 atom stereocenters. The van der Waals surface area contributed by atoms with Gasteiger partial charge in [0, 0.05) is 23.8 Å². The van der Waals surface area contributed by atoms with E-state index in [-0.39, 0.29) is 28.7 Å². The topological polar surface area (TPSA) is 170 Å². The summed E-state index contributed by atoms with van der Waals surface area (Å²) in [6.07, 6.45) is -1.25. The molecule has 50 heavy (non-hydrogen) atoms. The second-order valence-electron chi connectivity index (χ2n) is 11.7. The molecule has 15 heteroatoms. The number of alkyl halides is 3. The number of sulfone groups is 1. The highest BCUT2D eigenvalue weighted by atomic mass is 32.2. The number of hydrogen-bond acceptors (Lipinski definition) is 9. The van der Waals surface area contributed by atoms with Gasteiger partial charge in [-0.15, -0.1) is 0 Å². The van der Waals surface area contributed by atoms with Crippen LogP contribution >= 0.6 is 0 Å². The van der Waals surface area contributed by atoms with Gasteiger partial charge in [-0.2, -0.15) is 13.2 Å². The van der Waals surface area contributed by atoms with E-state index in [1.165, 1.54) is 0 Å². The minimum Gasteiger partial charge on any atom is -0.490 e. The Hall–Kier alpha value is -5.05. The zero-order valence-corrected chi connectivity index (χ0v) is 28.5. The second-order valence-corrected chi connectivity index (χ2v) is 13.9. The number of amides is 1. The first-order valence-corrected chi connectivity index (χ1v) is 17.4. The molecule has 0 bridgehead atoms. The summed E-state index contributed by atoms with van der Waals surface area (Å²) in [6, 6.07) is 19.0. The Morgan fingerprint density at radius 2 is 1.74 bits per heavy atom. The number of nitrogens with one attached hydrogen (secondary N) is 2. The lowest BCUT2D eigenvalue weighted by Gasteiger charge is -2.26. The van der Waals surface area contributed by atoms with Crippen molar-refractivity contribution in [1.82, 2.24) is 10.3 Å². The Labute approximate surface area is 287 Å². The summed E-state index contributed by atoms with van der Waals surface area (Å²) in [5.74, 6) is -1.54. The second kappa shape index (κ2) is 16.1. The molecule has 5 N–H and O–H groups in total. The number of aromatic nitrogens is 1. The van der Waals surface area contributed by atoms with Gasteiger partial charge in [-0.25, -0.2) is 18.2 Å². The average Bonchev–Trinajstić information content (AvgIpc) is 3.02. The van der Waals surface area contributed by atoms with Crippen LogP contribution in [0.15, 0.2) is 77.8 Å². The fraction of sp³-hybridized carbons (Fsp3) is 0.343. The van der Waals surface area contributed by atoms with E-state index in [1.54, 1.807) is 42.6 Å². The van der Waals surface area contributed by atoms with E-state index in [9.17, 15) is 26.4 Å². The standard InChI is InChI=1S/C33H38N4O5S.C2HF3O2/c1-4-41-29-19-23(12-15-28(29)42-21(2)3)31(37-25-13-14-27-22(18-25)16-17-35-32(27)34)33(38)36-20-24-8-5-6-11-30(24)43(39,40)26-9-7-10-26;3-2(4,5)1(6)7/h5-6,8,11-19,21,26,31,37H,4,7,9-10,20H2,1-3H3,(H2,34,35)(H,36,38);(H,6,7)/t31-;/m1./s1. The molecule has 3 aromatic carbocycles. The highest BCUT2D eigenvalue weighted by Gasteiger charge is 2.38. The molecule has 1 fully saturated rings. The fourth-order valence-electron chi connectivity index (χ4n) is 5.15. The molecule has 1 saturated carbocycles. The van der Waals surface area contributed by atoms with Crippen LogP contribution in [0, 0.1) is 0 Å². The first-order chi connectivity index (χ1) is 23.6. The highest BCUT2D eigenvalue weighted by Crippen LogP contribution is 2.35. The van der Waals surface area contributed by atoms with E-state index < -0.39 is 28.0 Å². The average molecular weight is 717 g/mol. The number of pyridine rings is 1. The van der Waals surface area contributed by atoms with Gasteiger partial charge in [0.2, 0.25) is 5.91 Å². The Kier molecular flexibility index (Phi) is 12.2. The maximum atomic E-state index is 13.9. The van der Waals surface area contributed by atoms with E-state index in [2.05, 4.69) is 15.6 Å². The molecular weight excluding hydrogens is 677 g/mol. The number of halogens is 3. The fourth-order valence-corrected chi connectivity index (χ4v) is 7.24. The number of benzene rings is 3. The molecule has 1 heterocycles. The largest absolute Gasteiger partial charge is 0.490 e. The number of carboxylic acids is 1. The van der Waals surface area contributed by atoms with E-state index in [1.807, 2.05) is 51.1 Å². The van der Waals surface area contributed by atoms with Gasteiger partial charge in [-0.3, -0.25) is 4.79 Å². The van der Waals surface area contributed by atoms with Crippen LogP contribution in [0.4, 0.5) is 24.7 Å². The van der Waals surface area contributed by atoms with Crippen molar-refractivity contribution in [1.29, 1.82) is 0 Å². The van der Waals surface area contributed by atoms with E-state index in [4.69, 9.17) is 25.1 Å². The molecule has 11 nitrogen and oxygen atoms in total. The van der Waals surface area contributed by atoms with Gasteiger partial charge in [-0.05, 0) is 92.6 Å². The smallest absolute Gasteiger partial charge is 0.490 e. The summed E-state index contributed by atoms with van der Waals surface area (Å²) < 4.78 is 70.0. The molecule has 0 radical (unpaired) electrons. The van der Waals surface area contributed by atoms with E-state index in [0.717, 1.165) is 17.2 Å². The lowest BCUT2D eigenvalue weighted by molar-refractivity contribution is -0.192. The summed E-state index contributed by atoms with van der Waals surface area (Å²) in [5.41, 5.74) is 7.96. The number of ether oxygens (including phenoxy) is 2. The Morgan fingerprint density at radius 1 is 1.04 bits per heavy atom. The molecule has 1 amide bonds. The normalized spacial score (nSPS) is 13.8. The zero-order chi connectivity index (χ0) is 36.6. The molecule has 4 aromatic rings. The van der Waals surface area contributed by atoms with Crippen LogP contribution in [0.1, 0.15) is 57.2 Å². The van der Waals surface area contributed by atoms with Crippen molar-refractivity contribution in [2.45, 2.75) is 75.0 Å². The van der Waals surface area contributed by atoms with Gasteiger partial charge in [0.25, 0.3) is 0 Å². The van der Waals surface area contributed by atoms with Crippen molar-refractivity contribution >= 4 is 44.0 Å². The van der Waals surface area contributed by atoms with Crippen LogP contribution in [-0.2, 0) is 26.0 Å². The molecule has 0 aliphatic heterocycles. The van der Waals surface area contributed by atoms with Crippen LogP contribution in [0.3, 0.4) is 0 Å². The van der Waals surface area contributed by atoms with Gasteiger partial charge < -0.3 is 30.9 Å². The molecule has 1 aromatic heterocycles. The van der Waals surface area contributed by atoms with Crippen LogP contribution in [0.5, 0.6) is 11.5 Å². The first kappa shape index (κ1) is 37.8. The first-order valence-electron chi connectivity index (χ1n) is 15.9. The lowest BCUT2D eigenvalue weighted by Crippen LogP contribution is -2.34. The molecular formula is C35H39F3N4O7S. The number of nitrogens with zero attached hydrogens (tertiary/aromatic N) is 1. The van der Waals surface area contributed by atoms with Crippen molar-refractivity contribution in [2.24, 2.45) is 0 Å². The Balaban J connectivity index is 0.000000727. The molecule has 1 aliphatic carbocycles. The number of carbonyl (C=O) groups excluding carboxylic acids is 1. The minimum absolute atomic E-state index is 0.0573. The SMILES string of the molecule is CCOc1cc([C@@H](Nc2ccc3c(N)nccc3c2)C(=O)NCc2ccccc2S(=O)(=O)C2CCC2)ccc1OC(C)C.O=C(O)C(F)(F)F. The van der Waals surface area contributed by atoms with Gasteiger partial charge in [0.15, 0.2) is 21.3 Å². The maximum absolute atomic E-state index is 13.9. The predicted octanol–water partition coefficient (Wildman–Crippen LogP) is 6.43. The van der Waals surface area contributed by atoms with Crippen molar-refractivity contribution < 1.29 is 45.8 Å². The Bertz CT molecular complexity index is 1930. The molecule has 0 saturated heterocycles. The quantitative estimate of drug-likeness (QED) is 0.128. The van der Waals surface area contributed by atoms with Crippen LogP contribution in [0.25, 0.3) is 10.8 Å². The summed E-state index contributed by atoms with van der Waals surface area (Å²) in [6.45, 7) is 6.25. The third-order valence-electron chi connectivity index (χ3n) is 7.80. The zero-order valence-electron chi connectivity index (χ0n) is 27.7. The number of carboxylic acid groups (broad SMARTS) is 1. The summed E-state index contributed by atoms with van der Waals surface area (Å²) >= 11 is 0. The lowest BCUT2D eigenvalue weighted by atomic mass is 10.00. The Morgan fingerprint density at radius 3 is 2.36 bits per heavy atom. The molecule has 1 aliphatic rings. The monoisotopic (exact) mass is 716 g/mol. The van der Waals surface area contributed by atoms with Crippen molar-refractivity contribution in [3.8, 4) is 11.5 Å². The summed E-state index contributed by atoms with van der Waals surface area (Å²) in [5, 5.41) is 14.8. The number of anilines is 2. The number of fused-ring (bicyclic) bond motifs is 1.